The van der Waals surface area contributed by atoms with Crippen LogP contribution in [-0.2, 0) is 0 Å². The SMILES string of the molecule is CC(C)CNCC(C)Oc1cccc(C(C)C)c1. The third kappa shape index (κ3) is 5.54. The molecule has 0 radical (unpaired) electrons. The van der Waals surface area contributed by atoms with Gasteiger partial charge in [-0.2, -0.15) is 0 Å². The molecule has 0 aromatic heterocycles. The van der Waals surface area contributed by atoms with Crippen molar-refractivity contribution in [3.63, 3.8) is 0 Å². The molecule has 1 unspecified atom stereocenters. The topological polar surface area (TPSA) is 21.3 Å². The van der Waals surface area contributed by atoms with E-state index in [4.69, 9.17) is 4.74 Å². The van der Waals surface area contributed by atoms with Crippen LogP contribution in [0.3, 0.4) is 0 Å². The van der Waals surface area contributed by atoms with Crippen molar-refractivity contribution < 1.29 is 4.74 Å². The van der Waals surface area contributed by atoms with E-state index in [0.29, 0.717) is 11.8 Å². The van der Waals surface area contributed by atoms with Crippen LogP contribution in [-0.4, -0.2) is 19.2 Å². The lowest BCUT2D eigenvalue weighted by Crippen LogP contribution is -2.31. The molecule has 18 heavy (non-hydrogen) atoms. The van der Waals surface area contributed by atoms with Gasteiger partial charge >= 0.3 is 0 Å². The van der Waals surface area contributed by atoms with E-state index in [1.165, 1.54) is 5.56 Å². The lowest BCUT2D eigenvalue weighted by atomic mass is 10.0. The van der Waals surface area contributed by atoms with Gasteiger partial charge in [0.25, 0.3) is 0 Å². The van der Waals surface area contributed by atoms with Crippen LogP contribution in [0.15, 0.2) is 24.3 Å². The molecule has 1 rings (SSSR count). The predicted molar refractivity (Wildman–Crippen MR) is 78.3 cm³/mol. The molecule has 2 nitrogen and oxygen atoms in total. The summed E-state index contributed by atoms with van der Waals surface area (Å²) in [5.41, 5.74) is 1.33. The van der Waals surface area contributed by atoms with Crippen molar-refractivity contribution in [3.05, 3.63) is 29.8 Å². The van der Waals surface area contributed by atoms with Crippen LogP contribution in [0.25, 0.3) is 0 Å². The zero-order valence-corrected chi connectivity index (χ0v) is 12.4. The van der Waals surface area contributed by atoms with E-state index in [9.17, 15) is 0 Å². The summed E-state index contributed by atoms with van der Waals surface area (Å²) in [6.07, 6.45) is 0.200. The summed E-state index contributed by atoms with van der Waals surface area (Å²) >= 11 is 0. The fraction of sp³-hybridized carbons (Fsp3) is 0.625. The Morgan fingerprint density at radius 1 is 1.06 bits per heavy atom. The molecule has 1 aromatic rings. The van der Waals surface area contributed by atoms with Gasteiger partial charge in [0.15, 0.2) is 0 Å². The molecule has 0 bridgehead atoms. The third-order valence-electron chi connectivity index (χ3n) is 2.85. The maximum absolute atomic E-state index is 5.92. The smallest absolute Gasteiger partial charge is 0.120 e. The van der Waals surface area contributed by atoms with Crippen molar-refractivity contribution in [2.75, 3.05) is 13.1 Å². The fourth-order valence-corrected chi connectivity index (χ4v) is 1.80. The van der Waals surface area contributed by atoms with E-state index in [1.54, 1.807) is 0 Å². The molecule has 0 saturated carbocycles. The minimum Gasteiger partial charge on any atom is -0.489 e. The monoisotopic (exact) mass is 249 g/mol. The highest BCUT2D eigenvalue weighted by Crippen LogP contribution is 2.20. The molecule has 0 saturated heterocycles. The van der Waals surface area contributed by atoms with Gasteiger partial charge in [-0.25, -0.2) is 0 Å². The van der Waals surface area contributed by atoms with Crippen LogP contribution in [0.5, 0.6) is 5.75 Å². The molecule has 1 N–H and O–H groups in total. The van der Waals surface area contributed by atoms with Crippen molar-refractivity contribution in [1.29, 1.82) is 0 Å². The maximum Gasteiger partial charge on any atom is 0.120 e. The van der Waals surface area contributed by atoms with Crippen molar-refractivity contribution in [3.8, 4) is 5.75 Å². The summed E-state index contributed by atoms with van der Waals surface area (Å²) in [6, 6.07) is 8.40. The molecule has 0 aliphatic heterocycles. The Labute approximate surface area is 112 Å². The Morgan fingerprint density at radius 3 is 2.39 bits per heavy atom. The zero-order valence-electron chi connectivity index (χ0n) is 12.4. The van der Waals surface area contributed by atoms with Crippen LogP contribution in [0.4, 0.5) is 0 Å². The van der Waals surface area contributed by atoms with Gasteiger partial charge in [-0.05, 0) is 43.0 Å². The van der Waals surface area contributed by atoms with Gasteiger partial charge in [0.2, 0.25) is 0 Å². The number of hydrogen-bond acceptors (Lipinski definition) is 2. The van der Waals surface area contributed by atoms with Gasteiger partial charge in [0.05, 0.1) is 0 Å². The van der Waals surface area contributed by atoms with Crippen LogP contribution in [0, 0.1) is 5.92 Å². The van der Waals surface area contributed by atoms with Crippen LogP contribution >= 0.6 is 0 Å². The third-order valence-corrected chi connectivity index (χ3v) is 2.85. The van der Waals surface area contributed by atoms with Crippen LogP contribution in [0.2, 0.25) is 0 Å². The van der Waals surface area contributed by atoms with Gasteiger partial charge in [-0.1, -0.05) is 39.8 Å². The van der Waals surface area contributed by atoms with Gasteiger partial charge in [0, 0.05) is 6.54 Å². The average Bonchev–Trinajstić information content (AvgIpc) is 2.28. The number of ether oxygens (including phenoxy) is 1. The highest BCUT2D eigenvalue weighted by atomic mass is 16.5. The highest BCUT2D eigenvalue weighted by Gasteiger charge is 2.06. The Balaban J connectivity index is 2.43. The first-order valence-electron chi connectivity index (χ1n) is 6.96. The first-order chi connectivity index (χ1) is 8.49. The largest absolute Gasteiger partial charge is 0.489 e. The van der Waals surface area contributed by atoms with E-state index in [2.05, 4.69) is 58.1 Å². The molecule has 0 spiro atoms. The van der Waals surface area contributed by atoms with Crippen molar-refractivity contribution in [2.24, 2.45) is 5.92 Å². The first-order valence-corrected chi connectivity index (χ1v) is 6.96. The van der Waals surface area contributed by atoms with Crippen molar-refractivity contribution in [2.45, 2.75) is 46.6 Å². The summed E-state index contributed by atoms with van der Waals surface area (Å²) in [4.78, 5) is 0. The van der Waals surface area contributed by atoms with Crippen molar-refractivity contribution >= 4 is 0 Å². The normalized spacial score (nSPS) is 13.1. The molecular formula is C16H27NO. The molecule has 1 atom stereocenters. The Bertz CT molecular complexity index is 347. The Kier molecular flexibility index (Phi) is 6.20. The molecule has 0 amide bonds. The second-order valence-corrected chi connectivity index (χ2v) is 5.71. The average molecular weight is 249 g/mol. The Hall–Kier alpha value is -1.02. The minimum atomic E-state index is 0.200. The van der Waals surface area contributed by atoms with Crippen LogP contribution < -0.4 is 10.1 Å². The fourth-order valence-electron chi connectivity index (χ4n) is 1.80. The summed E-state index contributed by atoms with van der Waals surface area (Å²) < 4.78 is 5.92. The molecule has 2 heteroatoms. The zero-order chi connectivity index (χ0) is 13.5. The number of rotatable bonds is 7. The molecule has 0 aliphatic rings. The van der Waals surface area contributed by atoms with E-state index < -0.39 is 0 Å². The van der Waals surface area contributed by atoms with E-state index in [-0.39, 0.29) is 6.10 Å². The van der Waals surface area contributed by atoms with Gasteiger partial charge in [-0.15, -0.1) is 0 Å². The summed E-state index contributed by atoms with van der Waals surface area (Å²) in [5, 5.41) is 3.42. The van der Waals surface area contributed by atoms with Gasteiger partial charge in [-0.3, -0.25) is 0 Å². The lowest BCUT2D eigenvalue weighted by molar-refractivity contribution is 0.215. The van der Waals surface area contributed by atoms with Crippen LogP contribution in [0.1, 0.15) is 46.1 Å². The standard InChI is InChI=1S/C16H27NO/c1-12(2)10-17-11-14(5)18-16-8-6-7-15(9-16)13(3)4/h6-9,12-14,17H,10-11H2,1-5H3. The van der Waals surface area contributed by atoms with Gasteiger partial charge < -0.3 is 10.1 Å². The van der Waals surface area contributed by atoms with E-state index >= 15 is 0 Å². The Morgan fingerprint density at radius 2 is 1.78 bits per heavy atom. The molecule has 102 valence electrons. The number of nitrogens with one attached hydrogen (secondary N) is 1. The molecule has 0 heterocycles. The lowest BCUT2D eigenvalue weighted by Gasteiger charge is -2.17. The second kappa shape index (κ2) is 7.42. The summed E-state index contributed by atoms with van der Waals surface area (Å²) in [5.74, 6) is 2.20. The first kappa shape index (κ1) is 15.0. The summed E-state index contributed by atoms with van der Waals surface area (Å²) in [6.45, 7) is 12.9. The van der Waals surface area contributed by atoms with Gasteiger partial charge in [0.1, 0.15) is 11.9 Å². The predicted octanol–water partition coefficient (Wildman–Crippen LogP) is 3.82. The maximum atomic E-state index is 5.92. The number of benzene rings is 1. The molecular weight excluding hydrogens is 222 g/mol. The minimum absolute atomic E-state index is 0.200. The highest BCUT2D eigenvalue weighted by molar-refractivity contribution is 5.30. The van der Waals surface area contributed by atoms with Crippen molar-refractivity contribution in [1.82, 2.24) is 5.32 Å². The second-order valence-electron chi connectivity index (χ2n) is 5.71. The molecule has 0 aliphatic carbocycles. The molecule has 1 aromatic carbocycles. The quantitative estimate of drug-likeness (QED) is 0.793. The summed E-state index contributed by atoms with van der Waals surface area (Å²) in [7, 11) is 0. The van der Waals surface area contributed by atoms with E-state index in [0.717, 1.165) is 18.8 Å². The molecule has 0 fully saturated rings. The number of hydrogen-bond donors (Lipinski definition) is 1. The van der Waals surface area contributed by atoms with E-state index in [1.807, 2.05) is 6.07 Å².